The molecule has 0 saturated heterocycles. The number of nitrogens with one attached hydrogen (secondary N) is 2. The van der Waals surface area contributed by atoms with E-state index < -0.39 is 11.9 Å². The van der Waals surface area contributed by atoms with E-state index in [0.717, 1.165) is 44.6 Å². The molecular weight excluding hydrogens is 482 g/mol. The number of hydrogen-bond acceptors (Lipinski definition) is 4. The summed E-state index contributed by atoms with van der Waals surface area (Å²) in [4.78, 5) is 29.1. The fourth-order valence-corrected chi connectivity index (χ4v) is 4.33. The molecule has 1 atom stereocenters. The number of carboxylic acids is 1. The van der Waals surface area contributed by atoms with Gasteiger partial charge in [-0.2, -0.15) is 0 Å². The Labute approximate surface area is 200 Å². The van der Waals surface area contributed by atoms with Crippen LogP contribution in [0.25, 0.3) is 0 Å². The first-order chi connectivity index (χ1) is 15.9. The van der Waals surface area contributed by atoms with Crippen molar-refractivity contribution in [3.8, 4) is 0 Å². The van der Waals surface area contributed by atoms with Crippen LogP contribution in [-0.2, 0) is 22.6 Å². The van der Waals surface area contributed by atoms with Gasteiger partial charge in [0.2, 0.25) is 5.91 Å². The van der Waals surface area contributed by atoms with Crippen LogP contribution in [0.3, 0.4) is 0 Å². The number of aryl methyl sites for hydroxylation is 1. The Morgan fingerprint density at radius 2 is 1.88 bits per heavy atom. The van der Waals surface area contributed by atoms with Crippen molar-refractivity contribution in [3.05, 3.63) is 93.5 Å². The maximum atomic E-state index is 13.1. The zero-order valence-corrected chi connectivity index (χ0v) is 19.7. The molecule has 0 spiro atoms. The molecule has 0 aromatic heterocycles. The SMILES string of the molecule is CNCc1ccc(N=C(c2cccc(CCC(=O)O)c2)C2C(=O)Nc3cc(Br)ccc32)cc1. The Balaban J connectivity index is 1.79. The van der Waals surface area contributed by atoms with Crippen molar-refractivity contribution in [1.29, 1.82) is 0 Å². The van der Waals surface area contributed by atoms with Gasteiger partial charge >= 0.3 is 5.97 Å². The van der Waals surface area contributed by atoms with Gasteiger partial charge in [0.1, 0.15) is 5.92 Å². The highest BCUT2D eigenvalue weighted by Gasteiger charge is 2.35. The van der Waals surface area contributed by atoms with E-state index in [2.05, 4.69) is 26.6 Å². The predicted octanol–water partition coefficient (Wildman–Crippen LogP) is 5.04. The molecule has 0 bridgehead atoms. The number of aliphatic carboxylic acids is 1. The van der Waals surface area contributed by atoms with Gasteiger partial charge in [0.25, 0.3) is 0 Å². The number of hydrogen-bond donors (Lipinski definition) is 3. The molecule has 0 aliphatic carbocycles. The monoisotopic (exact) mass is 505 g/mol. The number of halogens is 1. The minimum Gasteiger partial charge on any atom is -0.481 e. The molecule has 1 heterocycles. The van der Waals surface area contributed by atoms with Crippen molar-refractivity contribution in [1.82, 2.24) is 5.32 Å². The molecule has 7 heteroatoms. The van der Waals surface area contributed by atoms with Gasteiger partial charge in [-0.1, -0.05) is 52.3 Å². The first-order valence-electron chi connectivity index (χ1n) is 10.7. The third kappa shape index (κ3) is 5.38. The number of aliphatic imine (C=N–C) groups is 1. The molecule has 1 unspecified atom stereocenters. The number of benzene rings is 3. The lowest BCUT2D eigenvalue weighted by molar-refractivity contribution is -0.137. The smallest absolute Gasteiger partial charge is 0.303 e. The molecule has 33 heavy (non-hydrogen) atoms. The number of carbonyl (C=O) groups is 2. The zero-order chi connectivity index (χ0) is 23.4. The quantitative estimate of drug-likeness (QED) is 0.374. The van der Waals surface area contributed by atoms with Crippen LogP contribution in [0.1, 0.15) is 34.6 Å². The molecule has 1 aliphatic rings. The predicted molar refractivity (Wildman–Crippen MR) is 133 cm³/mol. The van der Waals surface area contributed by atoms with E-state index in [9.17, 15) is 9.59 Å². The van der Waals surface area contributed by atoms with Crippen LogP contribution in [0.15, 0.2) is 76.2 Å². The molecule has 3 aromatic rings. The Hall–Kier alpha value is -3.29. The number of anilines is 1. The molecule has 1 amide bonds. The number of fused-ring (bicyclic) bond motifs is 1. The van der Waals surface area contributed by atoms with Crippen molar-refractivity contribution < 1.29 is 14.7 Å². The van der Waals surface area contributed by atoms with Gasteiger partial charge in [-0.05, 0) is 66.1 Å². The van der Waals surface area contributed by atoms with Crippen molar-refractivity contribution in [2.45, 2.75) is 25.3 Å². The maximum Gasteiger partial charge on any atom is 0.303 e. The van der Waals surface area contributed by atoms with Gasteiger partial charge in [0.05, 0.1) is 11.4 Å². The van der Waals surface area contributed by atoms with E-state index in [1.165, 1.54) is 0 Å². The van der Waals surface area contributed by atoms with E-state index in [4.69, 9.17) is 10.1 Å². The molecule has 6 nitrogen and oxygen atoms in total. The Morgan fingerprint density at radius 1 is 1.09 bits per heavy atom. The highest BCUT2D eigenvalue weighted by atomic mass is 79.9. The zero-order valence-electron chi connectivity index (χ0n) is 18.1. The normalized spacial score (nSPS) is 15.3. The van der Waals surface area contributed by atoms with E-state index in [1.807, 2.05) is 73.8 Å². The average Bonchev–Trinajstić information content (AvgIpc) is 3.12. The summed E-state index contributed by atoms with van der Waals surface area (Å²) in [7, 11) is 1.90. The van der Waals surface area contributed by atoms with Crippen molar-refractivity contribution in [2.24, 2.45) is 4.99 Å². The molecule has 0 saturated carbocycles. The summed E-state index contributed by atoms with van der Waals surface area (Å²) in [6.07, 6.45) is 0.458. The van der Waals surface area contributed by atoms with Crippen LogP contribution < -0.4 is 10.6 Å². The fourth-order valence-electron chi connectivity index (χ4n) is 3.97. The summed E-state index contributed by atoms with van der Waals surface area (Å²) in [5.74, 6) is -1.55. The summed E-state index contributed by atoms with van der Waals surface area (Å²) in [6.45, 7) is 0.760. The number of nitrogens with zero attached hydrogens (tertiary/aromatic N) is 1. The Morgan fingerprint density at radius 3 is 2.61 bits per heavy atom. The fraction of sp³-hybridized carbons (Fsp3) is 0.192. The first kappa shape index (κ1) is 22.9. The lowest BCUT2D eigenvalue weighted by Gasteiger charge is -2.15. The molecule has 168 valence electrons. The average molecular weight is 506 g/mol. The third-order valence-corrected chi connectivity index (χ3v) is 6.03. The largest absolute Gasteiger partial charge is 0.481 e. The minimum atomic E-state index is -0.842. The van der Waals surface area contributed by atoms with E-state index in [0.29, 0.717) is 12.1 Å². The second-order valence-corrected chi connectivity index (χ2v) is 8.86. The van der Waals surface area contributed by atoms with Gasteiger partial charge in [-0.3, -0.25) is 14.6 Å². The van der Waals surface area contributed by atoms with Crippen molar-refractivity contribution in [3.63, 3.8) is 0 Å². The van der Waals surface area contributed by atoms with Gasteiger partial charge in [0.15, 0.2) is 0 Å². The Bertz CT molecular complexity index is 1220. The highest BCUT2D eigenvalue weighted by molar-refractivity contribution is 9.10. The molecule has 3 aromatic carbocycles. The number of carbonyl (C=O) groups excluding carboxylic acids is 1. The van der Waals surface area contributed by atoms with E-state index >= 15 is 0 Å². The Kier molecular flexibility index (Phi) is 7.01. The van der Waals surface area contributed by atoms with Gasteiger partial charge < -0.3 is 15.7 Å². The van der Waals surface area contributed by atoms with Crippen molar-refractivity contribution >= 4 is 44.9 Å². The van der Waals surface area contributed by atoms with E-state index in [1.54, 1.807) is 0 Å². The third-order valence-electron chi connectivity index (χ3n) is 5.54. The van der Waals surface area contributed by atoms with Crippen LogP contribution in [0.2, 0.25) is 0 Å². The minimum absolute atomic E-state index is 0.0453. The van der Waals surface area contributed by atoms with Crippen LogP contribution in [0.4, 0.5) is 11.4 Å². The van der Waals surface area contributed by atoms with Crippen LogP contribution in [0.5, 0.6) is 0 Å². The lowest BCUT2D eigenvalue weighted by Crippen LogP contribution is -2.22. The summed E-state index contributed by atoms with van der Waals surface area (Å²) < 4.78 is 0.886. The van der Waals surface area contributed by atoms with Gasteiger partial charge in [-0.25, -0.2) is 0 Å². The summed E-state index contributed by atoms with van der Waals surface area (Å²) >= 11 is 3.46. The number of rotatable bonds is 8. The number of amides is 1. The maximum absolute atomic E-state index is 13.1. The second-order valence-electron chi connectivity index (χ2n) is 7.94. The molecule has 0 fully saturated rings. The van der Waals surface area contributed by atoms with Crippen LogP contribution in [0, 0.1) is 0 Å². The molecule has 1 aliphatic heterocycles. The summed E-state index contributed by atoms with van der Waals surface area (Å²) in [5, 5.41) is 15.2. The van der Waals surface area contributed by atoms with Crippen molar-refractivity contribution in [2.75, 3.05) is 12.4 Å². The van der Waals surface area contributed by atoms with Crippen LogP contribution in [-0.4, -0.2) is 29.7 Å². The standard InChI is InChI=1S/C26H24BrN3O3/c1-28-15-17-5-9-20(10-6-17)29-25(18-4-2-3-16(13-18)7-12-23(31)32)24-21-11-8-19(27)14-22(21)30-26(24)33/h2-6,8-11,13-14,24,28H,7,12,15H2,1H3,(H,30,33)(H,31,32). The molecular formula is C26H24BrN3O3. The van der Waals surface area contributed by atoms with Gasteiger partial charge in [-0.15, -0.1) is 0 Å². The number of carboxylic acid groups (broad SMARTS) is 1. The molecule has 3 N–H and O–H groups in total. The van der Waals surface area contributed by atoms with E-state index in [-0.39, 0.29) is 12.3 Å². The summed E-state index contributed by atoms with van der Waals surface area (Å²) in [5.41, 5.74) is 5.84. The van der Waals surface area contributed by atoms with Crippen LogP contribution >= 0.6 is 15.9 Å². The highest BCUT2D eigenvalue weighted by Crippen LogP contribution is 2.38. The topological polar surface area (TPSA) is 90.8 Å². The second kappa shape index (κ2) is 10.1. The lowest BCUT2D eigenvalue weighted by atomic mass is 9.89. The van der Waals surface area contributed by atoms with Gasteiger partial charge in [0, 0.05) is 23.1 Å². The molecule has 4 rings (SSSR count). The summed E-state index contributed by atoms with van der Waals surface area (Å²) in [6, 6.07) is 21.3. The molecule has 0 radical (unpaired) electrons. The first-order valence-corrected chi connectivity index (χ1v) is 11.5.